The molecule has 0 bridgehead atoms. The van der Waals surface area contributed by atoms with Crippen molar-refractivity contribution >= 4 is 5.97 Å². The Balaban J connectivity index is 2.27. The second-order valence-electron chi connectivity index (χ2n) is 2.30. The first-order valence-electron chi connectivity index (χ1n) is 2.85. The zero-order valence-electron chi connectivity index (χ0n) is 4.87. The van der Waals surface area contributed by atoms with Crippen LogP contribution in [0.3, 0.4) is 0 Å². The van der Waals surface area contributed by atoms with Crippen LogP contribution in [-0.2, 0) is 4.79 Å². The van der Waals surface area contributed by atoms with Crippen molar-refractivity contribution in [1.29, 1.82) is 5.26 Å². The number of nitrogens with zero attached hydrogens (tertiary/aromatic N) is 1. The van der Waals surface area contributed by atoms with Crippen molar-refractivity contribution in [2.24, 2.45) is 11.8 Å². The van der Waals surface area contributed by atoms with Crippen LogP contribution in [0.15, 0.2) is 0 Å². The van der Waals surface area contributed by atoms with E-state index >= 15 is 0 Å². The molecular weight excluding hydrogens is 118 g/mol. The summed E-state index contributed by atoms with van der Waals surface area (Å²) in [5.41, 5.74) is 0. The van der Waals surface area contributed by atoms with Crippen molar-refractivity contribution in [3.05, 3.63) is 0 Å². The zero-order chi connectivity index (χ0) is 6.85. The van der Waals surface area contributed by atoms with Gasteiger partial charge in [0.1, 0.15) is 0 Å². The van der Waals surface area contributed by atoms with Gasteiger partial charge in [-0.1, -0.05) is 0 Å². The zero-order valence-corrected chi connectivity index (χ0v) is 4.87. The molecule has 0 saturated heterocycles. The van der Waals surface area contributed by atoms with Crippen LogP contribution < -0.4 is 0 Å². The summed E-state index contributed by atoms with van der Waals surface area (Å²) < 4.78 is 0. The maximum Gasteiger partial charge on any atom is 0.306 e. The van der Waals surface area contributed by atoms with Gasteiger partial charge >= 0.3 is 5.97 Å². The van der Waals surface area contributed by atoms with Crippen LogP contribution in [0.5, 0.6) is 0 Å². The topological polar surface area (TPSA) is 61.1 Å². The maximum atomic E-state index is 10.1. The highest BCUT2D eigenvalue weighted by Gasteiger charge is 2.42. The number of carboxylic acids is 1. The number of carbonyl (C=O) groups is 1. The number of aliphatic carboxylic acids is 1. The molecule has 1 fully saturated rings. The summed E-state index contributed by atoms with van der Waals surface area (Å²) >= 11 is 0. The number of hydrogen-bond donors (Lipinski definition) is 1. The molecule has 1 saturated carbocycles. The van der Waals surface area contributed by atoms with Gasteiger partial charge < -0.3 is 5.11 Å². The molecule has 0 radical (unpaired) electrons. The lowest BCUT2D eigenvalue weighted by Gasteiger charge is -1.83. The first-order chi connectivity index (χ1) is 4.25. The average Bonchev–Trinajstić information content (AvgIpc) is 2.47. The highest BCUT2D eigenvalue weighted by Crippen LogP contribution is 2.40. The Kier molecular flexibility index (Phi) is 1.39. The van der Waals surface area contributed by atoms with Crippen LogP contribution in [-0.4, -0.2) is 11.1 Å². The SMILES string of the molecule is N#CC[C@H]1C[C@@H]1C(=O)O. The first kappa shape index (κ1) is 6.09. The van der Waals surface area contributed by atoms with E-state index in [9.17, 15) is 4.79 Å². The van der Waals surface area contributed by atoms with Gasteiger partial charge in [-0.05, 0) is 12.3 Å². The molecule has 0 aromatic carbocycles. The van der Waals surface area contributed by atoms with Crippen LogP contribution >= 0.6 is 0 Å². The van der Waals surface area contributed by atoms with E-state index < -0.39 is 5.97 Å². The summed E-state index contributed by atoms with van der Waals surface area (Å²) in [6.07, 6.45) is 1.10. The molecule has 0 unspecified atom stereocenters. The van der Waals surface area contributed by atoms with E-state index in [0.717, 1.165) is 0 Å². The van der Waals surface area contributed by atoms with E-state index in [-0.39, 0.29) is 11.8 Å². The third-order valence-corrected chi connectivity index (χ3v) is 1.59. The minimum absolute atomic E-state index is 0.146. The predicted octanol–water partition coefficient (Wildman–Crippen LogP) is 0.621. The fourth-order valence-corrected chi connectivity index (χ4v) is 0.893. The van der Waals surface area contributed by atoms with Gasteiger partial charge in [0.25, 0.3) is 0 Å². The van der Waals surface area contributed by atoms with Crippen molar-refractivity contribution < 1.29 is 9.90 Å². The highest BCUT2D eigenvalue weighted by molar-refractivity contribution is 5.73. The number of hydrogen-bond acceptors (Lipinski definition) is 2. The Bertz CT molecular complexity index is 170. The third kappa shape index (κ3) is 1.20. The fraction of sp³-hybridized carbons (Fsp3) is 0.667. The van der Waals surface area contributed by atoms with Gasteiger partial charge in [0.2, 0.25) is 0 Å². The maximum absolute atomic E-state index is 10.1. The summed E-state index contributed by atoms with van der Waals surface area (Å²) in [7, 11) is 0. The van der Waals surface area contributed by atoms with Gasteiger partial charge in [-0.15, -0.1) is 0 Å². The van der Waals surface area contributed by atoms with E-state index in [1.807, 2.05) is 6.07 Å². The Morgan fingerprint density at radius 3 is 2.89 bits per heavy atom. The van der Waals surface area contributed by atoms with E-state index in [2.05, 4.69) is 0 Å². The Hall–Kier alpha value is -1.04. The first-order valence-corrected chi connectivity index (χ1v) is 2.85. The van der Waals surface area contributed by atoms with Crippen LogP contribution in [0.1, 0.15) is 12.8 Å². The standard InChI is InChI=1S/C6H7NO2/c7-2-1-4-3-5(4)6(8)9/h4-5H,1,3H2,(H,8,9)/t4-,5-/m0/s1. The number of rotatable bonds is 2. The molecule has 1 aliphatic carbocycles. The molecule has 0 amide bonds. The lowest BCUT2D eigenvalue weighted by Crippen LogP contribution is -1.98. The van der Waals surface area contributed by atoms with E-state index in [4.69, 9.17) is 10.4 Å². The van der Waals surface area contributed by atoms with Crippen molar-refractivity contribution in [1.82, 2.24) is 0 Å². The molecule has 0 aromatic rings. The van der Waals surface area contributed by atoms with Gasteiger partial charge in [0.15, 0.2) is 0 Å². The molecule has 3 heteroatoms. The lowest BCUT2D eigenvalue weighted by atomic mass is 10.2. The van der Waals surface area contributed by atoms with Gasteiger partial charge in [-0.3, -0.25) is 4.79 Å². The molecule has 1 aliphatic rings. The van der Waals surface area contributed by atoms with E-state index in [1.54, 1.807) is 0 Å². The average molecular weight is 125 g/mol. The second kappa shape index (κ2) is 2.06. The van der Waals surface area contributed by atoms with Gasteiger partial charge in [-0.25, -0.2) is 0 Å². The lowest BCUT2D eigenvalue weighted by molar-refractivity contribution is -0.138. The van der Waals surface area contributed by atoms with Crippen LogP contribution in [0.2, 0.25) is 0 Å². The molecule has 0 aliphatic heterocycles. The summed E-state index contributed by atoms with van der Waals surface area (Å²) in [6, 6.07) is 1.95. The fourth-order valence-electron chi connectivity index (χ4n) is 0.893. The van der Waals surface area contributed by atoms with Crippen LogP contribution in [0.4, 0.5) is 0 Å². The summed E-state index contributed by atoms with van der Waals surface area (Å²) in [5, 5.41) is 16.5. The van der Waals surface area contributed by atoms with Crippen molar-refractivity contribution in [2.75, 3.05) is 0 Å². The molecule has 1 N–H and O–H groups in total. The molecule has 0 spiro atoms. The second-order valence-corrected chi connectivity index (χ2v) is 2.30. The number of nitriles is 1. The highest BCUT2D eigenvalue weighted by atomic mass is 16.4. The van der Waals surface area contributed by atoms with Crippen LogP contribution in [0, 0.1) is 23.2 Å². The van der Waals surface area contributed by atoms with Gasteiger partial charge in [0.05, 0.1) is 12.0 Å². The largest absolute Gasteiger partial charge is 0.481 e. The predicted molar refractivity (Wildman–Crippen MR) is 29.5 cm³/mol. The molecule has 2 atom stereocenters. The smallest absolute Gasteiger partial charge is 0.306 e. The molecule has 1 rings (SSSR count). The van der Waals surface area contributed by atoms with Crippen molar-refractivity contribution in [2.45, 2.75) is 12.8 Å². The van der Waals surface area contributed by atoms with E-state index in [0.29, 0.717) is 12.8 Å². The Morgan fingerprint density at radius 1 is 1.89 bits per heavy atom. The van der Waals surface area contributed by atoms with E-state index in [1.165, 1.54) is 0 Å². The van der Waals surface area contributed by atoms with Gasteiger partial charge in [-0.2, -0.15) is 5.26 Å². The van der Waals surface area contributed by atoms with Gasteiger partial charge in [0, 0.05) is 6.42 Å². The van der Waals surface area contributed by atoms with Crippen molar-refractivity contribution in [3.8, 4) is 6.07 Å². The minimum Gasteiger partial charge on any atom is -0.481 e. The van der Waals surface area contributed by atoms with Crippen LogP contribution in [0.25, 0.3) is 0 Å². The number of carboxylic acid groups (broad SMARTS) is 1. The Morgan fingerprint density at radius 2 is 2.56 bits per heavy atom. The molecule has 0 heterocycles. The quantitative estimate of drug-likeness (QED) is 0.588. The monoisotopic (exact) mass is 125 g/mol. The molecular formula is C6H7NO2. The summed E-state index contributed by atoms with van der Waals surface area (Å²) in [6.45, 7) is 0. The molecule has 3 nitrogen and oxygen atoms in total. The van der Waals surface area contributed by atoms with Crippen molar-refractivity contribution in [3.63, 3.8) is 0 Å². The molecule has 48 valence electrons. The summed E-state index contributed by atoms with van der Waals surface area (Å²) in [5.74, 6) is -0.826. The molecule has 0 aromatic heterocycles. The third-order valence-electron chi connectivity index (χ3n) is 1.59. The molecule has 9 heavy (non-hydrogen) atoms. The normalized spacial score (nSPS) is 31.0. The summed E-state index contributed by atoms with van der Waals surface area (Å²) in [4.78, 5) is 10.1. The minimum atomic E-state index is -0.754. The Labute approximate surface area is 52.9 Å².